The summed E-state index contributed by atoms with van der Waals surface area (Å²) in [6.45, 7) is 5.96. The molecule has 2 saturated heterocycles. The van der Waals surface area contributed by atoms with Crippen LogP contribution in [0.1, 0.15) is 57.8 Å². The topological polar surface area (TPSA) is 8.88 Å². The molecule has 0 spiro atoms. The molecule has 4 aliphatic rings. The van der Waals surface area contributed by atoms with Crippen LogP contribution in [-0.4, -0.2) is 38.3 Å². The minimum absolute atomic E-state index is 1.03. The number of likely N-dealkylation sites (tertiary alicyclic amines) is 2. The van der Waals surface area contributed by atoms with Crippen LogP contribution in [0.5, 0.6) is 0 Å². The van der Waals surface area contributed by atoms with Crippen molar-refractivity contribution >= 4 is 0 Å². The summed E-state index contributed by atoms with van der Waals surface area (Å²) >= 11 is 0. The maximum absolute atomic E-state index is 2.01. The zero-order valence-electron chi connectivity index (χ0n) is 12.5. The summed E-state index contributed by atoms with van der Waals surface area (Å²) in [6, 6.07) is 2.11. The number of rotatable bonds is 2. The summed E-state index contributed by atoms with van der Waals surface area (Å²) in [4.78, 5) is 3.98. The number of nitrogens with one attached hydrogen (secondary N) is 2. The maximum atomic E-state index is 2.01. The molecule has 19 heavy (non-hydrogen) atoms. The third-order valence-electron chi connectivity index (χ3n) is 6.96. The van der Waals surface area contributed by atoms with Crippen LogP contribution in [0.4, 0.5) is 0 Å². The average molecular weight is 264 g/mol. The fourth-order valence-electron chi connectivity index (χ4n) is 5.93. The lowest BCUT2D eigenvalue weighted by Crippen LogP contribution is -3.22. The monoisotopic (exact) mass is 264 g/mol. The van der Waals surface area contributed by atoms with E-state index in [1.165, 1.54) is 58.3 Å². The Morgan fingerprint density at radius 3 is 2.05 bits per heavy atom. The summed E-state index contributed by atoms with van der Waals surface area (Å²) in [5.74, 6) is 2.26. The molecular weight excluding hydrogens is 232 g/mol. The van der Waals surface area contributed by atoms with Crippen LogP contribution in [-0.2, 0) is 0 Å². The second kappa shape index (κ2) is 5.37. The van der Waals surface area contributed by atoms with Gasteiger partial charge in [-0.1, -0.05) is 0 Å². The standard InChI is InChI=1S/C17H30N2/c1-2-8-18(9-3-1)16-6-10-19(11-7-16)17-13-14-4-5-15(17)12-14/h14-17H,1-13H2/p+2/t14-,15+,17-/m0/s1. The minimum Gasteiger partial charge on any atom is -0.332 e. The van der Waals surface area contributed by atoms with E-state index in [4.69, 9.17) is 0 Å². The Kier molecular flexibility index (Phi) is 3.57. The highest BCUT2D eigenvalue weighted by Gasteiger charge is 2.46. The van der Waals surface area contributed by atoms with E-state index in [1.807, 2.05) is 9.80 Å². The van der Waals surface area contributed by atoms with Gasteiger partial charge in [-0.25, -0.2) is 0 Å². The summed E-state index contributed by atoms with van der Waals surface area (Å²) in [5, 5.41) is 0. The summed E-state index contributed by atoms with van der Waals surface area (Å²) < 4.78 is 0. The van der Waals surface area contributed by atoms with Crippen molar-refractivity contribution < 1.29 is 9.80 Å². The molecule has 108 valence electrons. The largest absolute Gasteiger partial charge is 0.332 e. The Labute approximate surface area is 118 Å². The predicted molar refractivity (Wildman–Crippen MR) is 77.5 cm³/mol. The van der Waals surface area contributed by atoms with Gasteiger partial charge in [0, 0.05) is 25.2 Å². The van der Waals surface area contributed by atoms with Crippen LogP contribution in [0.2, 0.25) is 0 Å². The van der Waals surface area contributed by atoms with Gasteiger partial charge in [0.25, 0.3) is 0 Å². The van der Waals surface area contributed by atoms with Gasteiger partial charge in [-0.3, -0.25) is 0 Å². The van der Waals surface area contributed by atoms with E-state index in [-0.39, 0.29) is 0 Å². The van der Waals surface area contributed by atoms with Crippen molar-refractivity contribution in [1.29, 1.82) is 0 Å². The third-order valence-corrected chi connectivity index (χ3v) is 6.96. The van der Waals surface area contributed by atoms with Gasteiger partial charge < -0.3 is 9.80 Å². The third kappa shape index (κ3) is 2.47. The normalized spacial score (nSPS) is 47.7. The van der Waals surface area contributed by atoms with Gasteiger partial charge in [-0.15, -0.1) is 0 Å². The van der Waals surface area contributed by atoms with Gasteiger partial charge in [-0.05, 0) is 44.4 Å². The van der Waals surface area contributed by atoms with E-state index in [1.54, 1.807) is 25.7 Å². The molecule has 2 N–H and O–H groups in total. The van der Waals surface area contributed by atoms with Crippen molar-refractivity contribution in [2.45, 2.75) is 69.9 Å². The first-order valence-electron chi connectivity index (χ1n) is 9.09. The fourth-order valence-corrected chi connectivity index (χ4v) is 5.93. The van der Waals surface area contributed by atoms with E-state index in [9.17, 15) is 0 Å². The van der Waals surface area contributed by atoms with Gasteiger partial charge in [0.15, 0.2) is 0 Å². The van der Waals surface area contributed by atoms with E-state index in [0.717, 1.165) is 23.9 Å². The number of fused-ring (bicyclic) bond motifs is 2. The van der Waals surface area contributed by atoms with Gasteiger partial charge in [0.2, 0.25) is 0 Å². The fraction of sp³-hybridized carbons (Fsp3) is 1.00. The Morgan fingerprint density at radius 2 is 1.42 bits per heavy atom. The Hall–Kier alpha value is -0.0800. The van der Waals surface area contributed by atoms with Gasteiger partial charge in [0.05, 0.1) is 38.3 Å². The second-order valence-electron chi connectivity index (χ2n) is 7.93. The highest BCUT2D eigenvalue weighted by atomic mass is 15.2. The SMILES string of the molecule is C1CC[NH+](C2CC[NH+]([C@H]3C[C@H]4CC[C@@H]3C4)CC2)CC1. The van der Waals surface area contributed by atoms with E-state index in [2.05, 4.69) is 0 Å². The Morgan fingerprint density at radius 1 is 0.632 bits per heavy atom. The van der Waals surface area contributed by atoms with Crippen LogP contribution >= 0.6 is 0 Å². The quantitative estimate of drug-likeness (QED) is 0.709. The first-order chi connectivity index (χ1) is 9.40. The average Bonchev–Trinajstić information content (AvgIpc) is 3.11. The molecule has 2 heteroatoms. The zero-order valence-corrected chi connectivity index (χ0v) is 12.5. The van der Waals surface area contributed by atoms with Crippen LogP contribution < -0.4 is 9.80 Å². The number of piperidine rings is 2. The van der Waals surface area contributed by atoms with Crippen LogP contribution in [0.15, 0.2) is 0 Å². The molecule has 0 unspecified atom stereocenters. The molecule has 0 aromatic carbocycles. The summed E-state index contributed by atoms with van der Waals surface area (Å²) in [5.41, 5.74) is 0. The Bertz CT molecular complexity index is 302. The van der Waals surface area contributed by atoms with Crippen molar-refractivity contribution in [2.24, 2.45) is 11.8 Å². The van der Waals surface area contributed by atoms with Crippen LogP contribution in [0.25, 0.3) is 0 Å². The van der Waals surface area contributed by atoms with Gasteiger partial charge >= 0.3 is 0 Å². The van der Waals surface area contributed by atoms with Crippen molar-refractivity contribution in [3.8, 4) is 0 Å². The molecule has 4 rings (SSSR count). The molecule has 0 aromatic heterocycles. The highest BCUT2D eigenvalue weighted by Crippen LogP contribution is 2.43. The van der Waals surface area contributed by atoms with E-state index in [0.29, 0.717) is 0 Å². The highest BCUT2D eigenvalue weighted by molar-refractivity contribution is 4.90. The Balaban J connectivity index is 1.30. The number of hydrogen-bond donors (Lipinski definition) is 2. The summed E-state index contributed by atoms with van der Waals surface area (Å²) in [7, 11) is 0. The molecule has 2 heterocycles. The molecule has 4 fully saturated rings. The molecule has 0 radical (unpaired) electrons. The van der Waals surface area contributed by atoms with Crippen molar-refractivity contribution in [1.82, 2.24) is 0 Å². The molecule has 2 saturated carbocycles. The van der Waals surface area contributed by atoms with Crippen molar-refractivity contribution in [2.75, 3.05) is 26.2 Å². The first-order valence-corrected chi connectivity index (χ1v) is 9.09. The van der Waals surface area contributed by atoms with Crippen molar-refractivity contribution in [3.63, 3.8) is 0 Å². The maximum Gasteiger partial charge on any atom is 0.0983 e. The predicted octanol–water partition coefficient (Wildman–Crippen LogP) is 0.291. The number of quaternary nitrogens is 2. The molecular formula is C17H32N2+2. The lowest BCUT2D eigenvalue weighted by atomic mass is 9.91. The van der Waals surface area contributed by atoms with Crippen LogP contribution in [0, 0.1) is 11.8 Å². The smallest absolute Gasteiger partial charge is 0.0983 e. The molecule has 0 aromatic rings. The first kappa shape index (κ1) is 12.6. The molecule has 0 amide bonds. The van der Waals surface area contributed by atoms with Crippen LogP contribution in [0.3, 0.4) is 0 Å². The molecule has 2 bridgehead atoms. The molecule has 2 nitrogen and oxygen atoms in total. The minimum atomic E-state index is 1.03. The van der Waals surface area contributed by atoms with E-state index < -0.39 is 0 Å². The van der Waals surface area contributed by atoms with Gasteiger partial charge in [0.1, 0.15) is 0 Å². The van der Waals surface area contributed by atoms with E-state index >= 15 is 0 Å². The second-order valence-corrected chi connectivity index (χ2v) is 7.93. The molecule has 2 aliphatic carbocycles. The lowest BCUT2D eigenvalue weighted by Gasteiger charge is -2.39. The van der Waals surface area contributed by atoms with Crippen molar-refractivity contribution in [3.05, 3.63) is 0 Å². The molecule has 3 atom stereocenters. The summed E-state index contributed by atoms with van der Waals surface area (Å²) in [6.07, 6.45) is 13.9. The molecule has 2 aliphatic heterocycles. The lowest BCUT2D eigenvalue weighted by molar-refractivity contribution is -0.972. The zero-order chi connectivity index (χ0) is 12.7. The number of hydrogen-bond acceptors (Lipinski definition) is 0. The van der Waals surface area contributed by atoms with Gasteiger partial charge in [-0.2, -0.15) is 0 Å².